The standard InChI is InChI=1S/C12H14N6O3/c1-14-12(21)5-2-6(9(20)8(5)19)18-4-17-7-10(13)15-3-16-11(7)18/h2-4,6,8-9,19-20H,1H3,(H,14,21)(H2,13,15,16)/t6-,8-,9+/m1/s1. The number of fused-ring (bicyclic) bond motifs is 1. The molecule has 0 bridgehead atoms. The van der Waals surface area contributed by atoms with Gasteiger partial charge in [0.1, 0.15) is 24.1 Å². The molecule has 0 aliphatic heterocycles. The van der Waals surface area contributed by atoms with Gasteiger partial charge in [-0.1, -0.05) is 0 Å². The number of amides is 1. The zero-order chi connectivity index (χ0) is 15.1. The zero-order valence-electron chi connectivity index (χ0n) is 11.1. The number of hydrogen-bond acceptors (Lipinski definition) is 7. The van der Waals surface area contributed by atoms with E-state index in [1.807, 2.05) is 0 Å². The molecular weight excluding hydrogens is 276 g/mol. The number of nitrogen functional groups attached to an aromatic ring is 1. The Labute approximate surface area is 119 Å². The molecule has 1 aliphatic rings. The smallest absolute Gasteiger partial charge is 0.249 e. The molecule has 0 aromatic carbocycles. The topological polar surface area (TPSA) is 139 Å². The van der Waals surface area contributed by atoms with Gasteiger partial charge in [-0.2, -0.15) is 0 Å². The van der Waals surface area contributed by atoms with Crippen LogP contribution in [-0.2, 0) is 4.79 Å². The molecule has 0 spiro atoms. The molecule has 0 saturated carbocycles. The Kier molecular flexibility index (Phi) is 3.07. The third kappa shape index (κ3) is 1.94. The molecule has 9 nitrogen and oxygen atoms in total. The van der Waals surface area contributed by atoms with Gasteiger partial charge in [-0.05, 0) is 6.08 Å². The van der Waals surface area contributed by atoms with Crippen molar-refractivity contribution in [2.24, 2.45) is 0 Å². The second-order valence-corrected chi connectivity index (χ2v) is 4.71. The first-order valence-corrected chi connectivity index (χ1v) is 6.27. The molecule has 9 heteroatoms. The lowest BCUT2D eigenvalue weighted by molar-refractivity contribution is -0.118. The number of imidazole rings is 1. The van der Waals surface area contributed by atoms with Gasteiger partial charge in [0.25, 0.3) is 0 Å². The van der Waals surface area contributed by atoms with E-state index in [4.69, 9.17) is 5.73 Å². The van der Waals surface area contributed by atoms with Gasteiger partial charge in [-0.3, -0.25) is 4.79 Å². The van der Waals surface area contributed by atoms with E-state index in [0.29, 0.717) is 11.2 Å². The monoisotopic (exact) mass is 290 g/mol. The third-order valence-electron chi connectivity index (χ3n) is 3.54. The van der Waals surface area contributed by atoms with Crippen LogP contribution in [-0.4, -0.2) is 54.9 Å². The van der Waals surface area contributed by atoms with Crippen LogP contribution in [0.3, 0.4) is 0 Å². The number of aliphatic hydroxyl groups is 2. The molecule has 2 heterocycles. The molecule has 110 valence electrons. The highest BCUT2D eigenvalue weighted by atomic mass is 16.3. The first-order valence-electron chi connectivity index (χ1n) is 6.27. The van der Waals surface area contributed by atoms with Gasteiger partial charge in [0, 0.05) is 12.6 Å². The Morgan fingerprint density at radius 1 is 1.38 bits per heavy atom. The highest BCUT2D eigenvalue weighted by Gasteiger charge is 2.39. The molecule has 0 radical (unpaired) electrons. The van der Waals surface area contributed by atoms with Crippen molar-refractivity contribution >= 4 is 22.9 Å². The number of rotatable bonds is 2. The lowest BCUT2D eigenvalue weighted by atomic mass is 10.1. The summed E-state index contributed by atoms with van der Waals surface area (Å²) in [7, 11) is 1.45. The lowest BCUT2D eigenvalue weighted by Gasteiger charge is -2.18. The van der Waals surface area contributed by atoms with Crippen LogP contribution in [0.15, 0.2) is 24.3 Å². The fourth-order valence-corrected chi connectivity index (χ4v) is 2.44. The number of nitrogens with zero attached hydrogens (tertiary/aromatic N) is 4. The quantitative estimate of drug-likeness (QED) is 0.520. The summed E-state index contributed by atoms with van der Waals surface area (Å²) in [6, 6.07) is -0.661. The lowest BCUT2D eigenvalue weighted by Crippen LogP contribution is -2.33. The summed E-state index contributed by atoms with van der Waals surface area (Å²) in [6.45, 7) is 0. The van der Waals surface area contributed by atoms with E-state index in [0.717, 1.165) is 0 Å². The van der Waals surface area contributed by atoms with Gasteiger partial charge in [0.2, 0.25) is 5.91 Å². The normalized spacial score (nSPS) is 25.1. The average molecular weight is 290 g/mol. The van der Waals surface area contributed by atoms with Gasteiger partial charge in [-0.25, -0.2) is 15.0 Å². The largest absolute Gasteiger partial charge is 0.388 e. The molecule has 2 aromatic heterocycles. The third-order valence-corrected chi connectivity index (χ3v) is 3.54. The van der Waals surface area contributed by atoms with Gasteiger partial charge in [-0.15, -0.1) is 0 Å². The number of aliphatic hydroxyl groups excluding tert-OH is 2. The SMILES string of the molecule is CNC(=O)C1=C[C@@H](n2cnc3c(N)ncnc32)[C@H](O)[C@@H]1O. The van der Waals surface area contributed by atoms with Gasteiger partial charge in [0.15, 0.2) is 11.5 Å². The fraction of sp³-hybridized carbons (Fsp3) is 0.333. The summed E-state index contributed by atoms with van der Waals surface area (Å²) in [5.41, 5.74) is 6.65. The van der Waals surface area contributed by atoms with Crippen LogP contribution in [0, 0.1) is 0 Å². The number of hydrogen-bond donors (Lipinski definition) is 4. The summed E-state index contributed by atoms with van der Waals surface area (Å²) in [5.74, 6) is -0.218. The maximum atomic E-state index is 11.7. The van der Waals surface area contributed by atoms with E-state index in [-0.39, 0.29) is 11.4 Å². The van der Waals surface area contributed by atoms with Crippen molar-refractivity contribution in [1.82, 2.24) is 24.8 Å². The van der Waals surface area contributed by atoms with Gasteiger partial charge < -0.3 is 25.8 Å². The number of nitrogens with two attached hydrogens (primary N) is 1. The molecule has 0 unspecified atom stereocenters. The minimum absolute atomic E-state index is 0.110. The first-order chi connectivity index (χ1) is 10.0. The first kappa shape index (κ1) is 13.5. The summed E-state index contributed by atoms with van der Waals surface area (Å²) in [5, 5.41) is 22.6. The molecular formula is C12H14N6O3. The molecule has 21 heavy (non-hydrogen) atoms. The van der Waals surface area contributed by atoms with E-state index >= 15 is 0 Å². The Morgan fingerprint density at radius 2 is 2.14 bits per heavy atom. The second kappa shape index (κ2) is 4.79. The minimum Gasteiger partial charge on any atom is -0.388 e. The number of nitrogens with one attached hydrogen (secondary N) is 1. The van der Waals surface area contributed by atoms with Crippen LogP contribution in [0.2, 0.25) is 0 Å². The number of aromatic nitrogens is 4. The predicted octanol–water partition coefficient (Wildman–Crippen LogP) is -1.64. The number of carbonyl (C=O) groups is 1. The van der Waals surface area contributed by atoms with Crippen LogP contribution < -0.4 is 11.1 Å². The minimum atomic E-state index is -1.27. The van der Waals surface area contributed by atoms with E-state index in [1.54, 1.807) is 4.57 Å². The molecule has 0 fully saturated rings. The summed E-state index contributed by atoms with van der Waals surface area (Å²) < 4.78 is 1.55. The summed E-state index contributed by atoms with van der Waals surface area (Å²) in [6.07, 6.45) is 1.78. The van der Waals surface area contributed by atoms with E-state index < -0.39 is 24.2 Å². The Bertz CT molecular complexity index is 740. The van der Waals surface area contributed by atoms with Crippen molar-refractivity contribution in [2.45, 2.75) is 18.2 Å². The maximum Gasteiger partial charge on any atom is 0.249 e. The molecule has 1 amide bonds. The van der Waals surface area contributed by atoms with Crippen LogP contribution in [0.4, 0.5) is 5.82 Å². The van der Waals surface area contributed by atoms with Crippen molar-refractivity contribution < 1.29 is 15.0 Å². The van der Waals surface area contributed by atoms with Crippen LogP contribution in [0.5, 0.6) is 0 Å². The number of anilines is 1. The number of carbonyl (C=O) groups excluding carboxylic acids is 1. The van der Waals surface area contributed by atoms with Crippen molar-refractivity contribution in [2.75, 3.05) is 12.8 Å². The predicted molar refractivity (Wildman–Crippen MR) is 72.9 cm³/mol. The Hall–Kier alpha value is -2.52. The fourth-order valence-electron chi connectivity index (χ4n) is 2.44. The molecule has 2 aromatic rings. The summed E-state index contributed by atoms with van der Waals surface area (Å²) in [4.78, 5) is 23.7. The van der Waals surface area contributed by atoms with E-state index in [2.05, 4.69) is 20.3 Å². The number of likely N-dealkylation sites (N-methyl/N-ethyl adjacent to an activating group) is 1. The zero-order valence-corrected chi connectivity index (χ0v) is 11.1. The molecule has 3 atom stereocenters. The van der Waals surface area contributed by atoms with Crippen molar-refractivity contribution in [3.63, 3.8) is 0 Å². The molecule has 0 saturated heterocycles. The molecule has 3 rings (SSSR count). The molecule has 1 aliphatic carbocycles. The molecule has 5 N–H and O–H groups in total. The summed E-state index contributed by atoms with van der Waals surface area (Å²) >= 11 is 0. The van der Waals surface area contributed by atoms with Gasteiger partial charge >= 0.3 is 0 Å². The highest BCUT2D eigenvalue weighted by Crippen LogP contribution is 2.31. The maximum absolute atomic E-state index is 11.7. The van der Waals surface area contributed by atoms with Crippen molar-refractivity contribution in [3.05, 3.63) is 24.3 Å². The highest BCUT2D eigenvalue weighted by molar-refractivity contribution is 5.95. The van der Waals surface area contributed by atoms with Gasteiger partial charge in [0.05, 0.1) is 12.4 Å². The Morgan fingerprint density at radius 3 is 2.86 bits per heavy atom. The average Bonchev–Trinajstić information content (AvgIpc) is 3.02. The Balaban J connectivity index is 2.08. The van der Waals surface area contributed by atoms with Crippen molar-refractivity contribution in [3.8, 4) is 0 Å². The second-order valence-electron chi connectivity index (χ2n) is 4.71. The van der Waals surface area contributed by atoms with Crippen LogP contribution in [0.1, 0.15) is 6.04 Å². The van der Waals surface area contributed by atoms with Crippen LogP contribution >= 0.6 is 0 Å². The van der Waals surface area contributed by atoms with Crippen molar-refractivity contribution in [1.29, 1.82) is 0 Å². The van der Waals surface area contributed by atoms with E-state index in [1.165, 1.54) is 25.8 Å². The van der Waals surface area contributed by atoms with E-state index in [9.17, 15) is 15.0 Å². The van der Waals surface area contributed by atoms with Crippen LogP contribution in [0.25, 0.3) is 11.2 Å².